The molecule has 0 saturated carbocycles. The first-order valence-electron chi connectivity index (χ1n) is 13.6. The lowest BCUT2D eigenvalue weighted by Gasteiger charge is -2.26. The van der Waals surface area contributed by atoms with Crippen molar-refractivity contribution in [3.8, 4) is 17.6 Å². The van der Waals surface area contributed by atoms with Crippen LogP contribution in [-0.2, 0) is 4.79 Å². The third kappa shape index (κ3) is 5.92. The first-order valence-corrected chi connectivity index (χ1v) is 15.3. The van der Waals surface area contributed by atoms with Crippen LogP contribution in [0.1, 0.15) is 15.3 Å². The van der Waals surface area contributed by atoms with Crippen molar-refractivity contribution in [2.75, 3.05) is 19.1 Å². The summed E-state index contributed by atoms with van der Waals surface area (Å²) >= 11 is 3.18. The van der Waals surface area contributed by atoms with E-state index in [1.54, 1.807) is 31.6 Å². The summed E-state index contributed by atoms with van der Waals surface area (Å²) in [6.07, 6.45) is 5.65. The first-order chi connectivity index (χ1) is 21.4. The van der Waals surface area contributed by atoms with E-state index in [1.165, 1.54) is 17.4 Å². The number of nitrogens with zero attached hydrogens (tertiary/aromatic N) is 2. The van der Waals surface area contributed by atoms with Gasteiger partial charge in [-0.25, -0.2) is 4.79 Å². The number of carboxylic acid groups (broad SMARTS) is 1. The maximum absolute atomic E-state index is 11.3. The standard InChI is InChI=1S/C36H26N2O4S2/c1-41-28-12-8-26(9-13-28)38(27-10-14-29(42-2)15-11-27)25-6-3-23(4-7-25)5-16-30-20-32-33-21-31(19-24(22-37)36(39)40)44-35(33)18-17-34(32)43-30/h3-21H,1-2H3,(H,39,40)/b16-5+,24-19-. The number of hydrogen-bond acceptors (Lipinski definition) is 7. The van der Waals surface area contributed by atoms with Crippen molar-refractivity contribution in [2.45, 2.75) is 0 Å². The van der Waals surface area contributed by atoms with Crippen molar-refractivity contribution in [1.29, 1.82) is 5.26 Å². The van der Waals surface area contributed by atoms with Crippen molar-refractivity contribution < 1.29 is 19.4 Å². The van der Waals surface area contributed by atoms with Crippen LogP contribution in [0.3, 0.4) is 0 Å². The monoisotopic (exact) mass is 614 g/mol. The molecule has 0 radical (unpaired) electrons. The minimum Gasteiger partial charge on any atom is -0.497 e. The predicted octanol–water partition coefficient (Wildman–Crippen LogP) is 9.76. The fourth-order valence-corrected chi connectivity index (χ4v) is 6.93. The summed E-state index contributed by atoms with van der Waals surface area (Å²) in [7, 11) is 3.32. The molecule has 6 aromatic rings. The summed E-state index contributed by atoms with van der Waals surface area (Å²) in [5, 5.41) is 20.5. The van der Waals surface area contributed by atoms with E-state index in [-0.39, 0.29) is 5.57 Å². The molecular formula is C36H26N2O4S2. The lowest BCUT2D eigenvalue weighted by molar-refractivity contribution is -0.132. The van der Waals surface area contributed by atoms with E-state index >= 15 is 0 Å². The van der Waals surface area contributed by atoms with Gasteiger partial charge >= 0.3 is 5.97 Å². The number of carboxylic acids is 1. The Morgan fingerprint density at radius 3 is 1.68 bits per heavy atom. The number of nitriles is 1. The molecule has 6 rings (SSSR count). The molecule has 0 bridgehead atoms. The highest BCUT2D eigenvalue weighted by atomic mass is 32.1. The molecule has 216 valence electrons. The molecule has 0 fully saturated rings. The van der Waals surface area contributed by atoms with Crippen LogP contribution >= 0.6 is 22.7 Å². The topological polar surface area (TPSA) is 82.8 Å². The number of methoxy groups -OCH3 is 2. The molecule has 0 aliphatic heterocycles. The zero-order valence-electron chi connectivity index (χ0n) is 23.9. The third-order valence-electron chi connectivity index (χ3n) is 7.13. The van der Waals surface area contributed by atoms with Crippen LogP contribution in [0.15, 0.2) is 103 Å². The number of fused-ring (bicyclic) bond motifs is 3. The van der Waals surface area contributed by atoms with Crippen LogP contribution in [0.5, 0.6) is 11.5 Å². The molecule has 1 N–H and O–H groups in total. The average Bonchev–Trinajstić information content (AvgIpc) is 3.67. The Hall–Kier alpha value is -5.36. The fourth-order valence-electron chi connectivity index (χ4n) is 4.93. The minimum atomic E-state index is -1.22. The van der Waals surface area contributed by atoms with E-state index < -0.39 is 5.97 Å². The van der Waals surface area contributed by atoms with E-state index in [1.807, 2.05) is 60.7 Å². The van der Waals surface area contributed by atoms with Crippen LogP contribution in [0.2, 0.25) is 0 Å². The molecule has 0 aliphatic carbocycles. The van der Waals surface area contributed by atoms with Crippen molar-refractivity contribution in [3.63, 3.8) is 0 Å². The van der Waals surface area contributed by atoms with Crippen LogP contribution in [0.25, 0.3) is 38.4 Å². The van der Waals surface area contributed by atoms with Crippen LogP contribution in [0.4, 0.5) is 17.1 Å². The second-order valence-electron chi connectivity index (χ2n) is 9.82. The second kappa shape index (κ2) is 12.5. The maximum atomic E-state index is 11.3. The van der Waals surface area contributed by atoms with Gasteiger partial charge in [0.2, 0.25) is 0 Å². The van der Waals surface area contributed by atoms with Gasteiger partial charge in [-0.2, -0.15) is 5.26 Å². The molecule has 0 spiro atoms. The van der Waals surface area contributed by atoms with Gasteiger partial charge in [-0.1, -0.05) is 18.2 Å². The molecule has 0 aliphatic rings. The number of anilines is 3. The Bertz CT molecular complexity index is 2020. The van der Waals surface area contributed by atoms with Gasteiger partial charge in [0.15, 0.2) is 0 Å². The van der Waals surface area contributed by atoms with Crippen LogP contribution < -0.4 is 14.4 Å². The number of benzene rings is 4. The minimum absolute atomic E-state index is 0.274. The zero-order valence-corrected chi connectivity index (χ0v) is 25.5. The quantitative estimate of drug-likeness (QED) is 0.129. The van der Waals surface area contributed by atoms with E-state index in [0.29, 0.717) is 0 Å². The van der Waals surface area contributed by atoms with E-state index in [9.17, 15) is 9.90 Å². The Kier molecular flexibility index (Phi) is 8.15. The second-order valence-corrected chi connectivity index (χ2v) is 12.0. The summed E-state index contributed by atoms with van der Waals surface area (Å²) in [6.45, 7) is 0. The number of ether oxygens (including phenoxy) is 2. The summed E-state index contributed by atoms with van der Waals surface area (Å²) < 4.78 is 12.9. The lowest BCUT2D eigenvalue weighted by atomic mass is 10.1. The third-order valence-corrected chi connectivity index (χ3v) is 9.24. The zero-order chi connectivity index (χ0) is 30.6. The van der Waals surface area contributed by atoms with Crippen LogP contribution in [0, 0.1) is 11.3 Å². The van der Waals surface area contributed by atoms with Gasteiger partial charge in [0.25, 0.3) is 0 Å². The Balaban J connectivity index is 1.28. The van der Waals surface area contributed by atoms with Crippen LogP contribution in [-0.4, -0.2) is 25.3 Å². The van der Waals surface area contributed by atoms with Crippen molar-refractivity contribution >= 4 is 84.1 Å². The number of hydrogen-bond donors (Lipinski definition) is 1. The summed E-state index contributed by atoms with van der Waals surface area (Å²) in [4.78, 5) is 15.3. The van der Waals surface area contributed by atoms with Gasteiger partial charge in [0, 0.05) is 47.0 Å². The Morgan fingerprint density at radius 2 is 1.20 bits per heavy atom. The Morgan fingerprint density at radius 1 is 0.727 bits per heavy atom. The molecule has 0 atom stereocenters. The molecule has 2 aromatic heterocycles. The fraction of sp³-hybridized carbons (Fsp3) is 0.0556. The summed E-state index contributed by atoms with van der Waals surface area (Å²) in [5.41, 5.74) is 3.83. The number of thiophene rings is 2. The molecule has 6 nitrogen and oxygen atoms in total. The molecular weight excluding hydrogens is 589 g/mol. The molecule has 0 saturated heterocycles. The highest BCUT2D eigenvalue weighted by Gasteiger charge is 2.14. The highest BCUT2D eigenvalue weighted by Crippen LogP contribution is 2.38. The predicted molar refractivity (Wildman–Crippen MR) is 182 cm³/mol. The van der Waals surface area contributed by atoms with Gasteiger partial charge in [-0.05, 0) is 103 Å². The van der Waals surface area contributed by atoms with Gasteiger partial charge < -0.3 is 19.5 Å². The number of rotatable bonds is 9. The van der Waals surface area contributed by atoms with Gasteiger partial charge in [-0.15, -0.1) is 22.7 Å². The summed E-state index contributed by atoms with van der Waals surface area (Å²) in [6, 6.07) is 34.4. The average molecular weight is 615 g/mol. The molecule has 2 heterocycles. The lowest BCUT2D eigenvalue weighted by Crippen LogP contribution is -2.09. The highest BCUT2D eigenvalue weighted by molar-refractivity contribution is 7.21. The van der Waals surface area contributed by atoms with E-state index in [0.717, 1.165) is 64.1 Å². The normalized spacial score (nSPS) is 11.6. The molecule has 8 heteroatoms. The van der Waals surface area contributed by atoms with E-state index in [2.05, 4.69) is 53.5 Å². The smallest absolute Gasteiger partial charge is 0.346 e. The van der Waals surface area contributed by atoms with Gasteiger partial charge in [-0.3, -0.25) is 0 Å². The van der Waals surface area contributed by atoms with Crippen molar-refractivity contribution in [3.05, 3.63) is 118 Å². The molecule has 44 heavy (non-hydrogen) atoms. The van der Waals surface area contributed by atoms with Crippen molar-refractivity contribution in [1.82, 2.24) is 0 Å². The maximum Gasteiger partial charge on any atom is 0.346 e. The van der Waals surface area contributed by atoms with E-state index in [4.69, 9.17) is 14.7 Å². The van der Waals surface area contributed by atoms with Gasteiger partial charge in [0.05, 0.1) is 14.2 Å². The summed E-state index contributed by atoms with van der Waals surface area (Å²) in [5.74, 6) is 0.377. The van der Waals surface area contributed by atoms with Gasteiger partial charge in [0.1, 0.15) is 23.1 Å². The number of aliphatic carboxylic acids is 1. The molecule has 0 unspecified atom stereocenters. The molecule has 0 amide bonds. The molecule has 4 aromatic carbocycles. The largest absolute Gasteiger partial charge is 0.497 e. The first kappa shape index (κ1) is 28.7. The number of carbonyl (C=O) groups is 1. The Labute approximate surface area is 262 Å². The van der Waals surface area contributed by atoms with Crippen molar-refractivity contribution in [2.24, 2.45) is 0 Å². The SMILES string of the molecule is COc1ccc(N(c2ccc(/C=C/c3cc4c(ccc5sc(/C=C(/C#N)C(=O)O)cc54)s3)cc2)c2ccc(OC)cc2)cc1.